The summed E-state index contributed by atoms with van der Waals surface area (Å²) in [5, 5.41) is 13.6. The number of nitrogens with zero attached hydrogens (tertiary/aromatic N) is 1. The number of non-ortho nitro benzene ring substituents is 1. The molecule has 0 aliphatic heterocycles. The zero-order valence-electron chi connectivity index (χ0n) is 12.7. The summed E-state index contributed by atoms with van der Waals surface area (Å²) in [6.45, 7) is 0.642. The van der Waals surface area contributed by atoms with Crippen molar-refractivity contribution >= 4 is 11.6 Å². The summed E-state index contributed by atoms with van der Waals surface area (Å²) >= 11 is 0. The molecule has 1 fully saturated rings. The number of hydrogen-bond acceptors (Lipinski definition) is 3. The smallest absolute Gasteiger partial charge is 0.269 e. The van der Waals surface area contributed by atoms with E-state index in [4.69, 9.17) is 0 Å². The summed E-state index contributed by atoms with van der Waals surface area (Å²) in [6.07, 6.45) is 2.42. The Kier molecular flexibility index (Phi) is 4.10. The summed E-state index contributed by atoms with van der Waals surface area (Å²) in [6, 6.07) is 16.4. The van der Waals surface area contributed by atoms with E-state index in [-0.39, 0.29) is 23.4 Å². The van der Waals surface area contributed by atoms with Crippen LogP contribution in [0.15, 0.2) is 54.6 Å². The number of nitro benzene ring substituents is 1. The normalized spacial score (nSPS) is 15.0. The van der Waals surface area contributed by atoms with Crippen LogP contribution in [-0.2, 0) is 16.6 Å². The number of nitrogens with one attached hydrogen (secondary N) is 1. The van der Waals surface area contributed by atoms with Crippen LogP contribution in [-0.4, -0.2) is 17.4 Å². The van der Waals surface area contributed by atoms with Crippen LogP contribution in [0.2, 0.25) is 0 Å². The molecule has 5 heteroatoms. The van der Waals surface area contributed by atoms with Crippen molar-refractivity contribution in [3.63, 3.8) is 0 Å². The van der Waals surface area contributed by atoms with Gasteiger partial charge in [0.2, 0.25) is 5.91 Å². The molecule has 2 aromatic rings. The molecule has 2 aromatic carbocycles. The number of carbonyl (C=O) groups excluding carboxylic acids is 1. The van der Waals surface area contributed by atoms with E-state index < -0.39 is 4.92 Å². The van der Waals surface area contributed by atoms with E-state index in [9.17, 15) is 14.9 Å². The van der Waals surface area contributed by atoms with Crippen LogP contribution >= 0.6 is 0 Å². The third kappa shape index (κ3) is 3.56. The van der Waals surface area contributed by atoms with Crippen molar-refractivity contribution in [2.75, 3.05) is 6.54 Å². The Morgan fingerprint density at radius 2 is 1.74 bits per heavy atom. The Labute approximate surface area is 134 Å². The summed E-state index contributed by atoms with van der Waals surface area (Å²) in [7, 11) is 0. The second-order valence-electron chi connectivity index (χ2n) is 6.02. The van der Waals surface area contributed by atoms with E-state index in [0.717, 1.165) is 18.4 Å². The van der Waals surface area contributed by atoms with Gasteiger partial charge in [-0.25, -0.2) is 0 Å². The van der Waals surface area contributed by atoms with Crippen LogP contribution in [0.3, 0.4) is 0 Å². The van der Waals surface area contributed by atoms with Gasteiger partial charge < -0.3 is 5.32 Å². The average Bonchev–Trinajstić information content (AvgIpc) is 3.36. The molecule has 0 unspecified atom stereocenters. The average molecular weight is 310 g/mol. The molecule has 0 saturated heterocycles. The minimum atomic E-state index is -0.444. The molecule has 23 heavy (non-hydrogen) atoms. The fraction of sp³-hybridized carbons (Fsp3) is 0.278. The first-order valence-electron chi connectivity index (χ1n) is 7.65. The van der Waals surface area contributed by atoms with Crippen molar-refractivity contribution in [2.24, 2.45) is 0 Å². The van der Waals surface area contributed by atoms with Gasteiger partial charge in [0, 0.05) is 24.1 Å². The standard InChI is InChI=1S/C18H18N2O3/c21-17(12-14-6-8-16(9-7-14)20(22)23)19-13-18(10-11-18)15-4-2-1-3-5-15/h1-9H,10-13H2,(H,19,21). The number of amides is 1. The Morgan fingerprint density at radius 3 is 2.30 bits per heavy atom. The Bertz CT molecular complexity index is 707. The second kappa shape index (κ2) is 6.20. The highest BCUT2D eigenvalue weighted by atomic mass is 16.6. The molecule has 3 rings (SSSR count). The lowest BCUT2D eigenvalue weighted by molar-refractivity contribution is -0.384. The first kappa shape index (κ1) is 15.2. The molecule has 1 aliphatic carbocycles. The molecule has 118 valence electrons. The molecule has 5 nitrogen and oxygen atoms in total. The van der Waals surface area contributed by atoms with E-state index in [1.54, 1.807) is 12.1 Å². The van der Waals surface area contributed by atoms with Gasteiger partial charge >= 0.3 is 0 Å². The van der Waals surface area contributed by atoms with Gasteiger partial charge in [0.15, 0.2) is 0 Å². The molecule has 1 aliphatic rings. The molecular weight excluding hydrogens is 292 g/mol. The fourth-order valence-electron chi connectivity index (χ4n) is 2.76. The maximum Gasteiger partial charge on any atom is 0.269 e. The van der Waals surface area contributed by atoms with E-state index in [2.05, 4.69) is 17.4 Å². The topological polar surface area (TPSA) is 72.2 Å². The van der Waals surface area contributed by atoms with Crippen LogP contribution in [0.1, 0.15) is 24.0 Å². The number of benzene rings is 2. The largest absolute Gasteiger partial charge is 0.355 e. The third-order valence-corrected chi connectivity index (χ3v) is 4.38. The van der Waals surface area contributed by atoms with E-state index in [1.807, 2.05) is 18.2 Å². The maximum absolute atomic E-state index is 12.1. The first-order chi connectivity index (χ1) is 11.1. The first-order valence-corrected chi connectivity index (χ1v) is 7.65. The lowest BCUT2D eigenvalue weighted by Crippen LogP contribution is -2.33. The Balaban J connectivity index is 1.55. The van der Waals surface area contributed by atoms with Gasteiger partial charge in [-0.05, 0) is 24.0 Å². The summed E-state index contributed by atoms with van der Waals surface area (Å²) < 4.78 is 0. The number of carbonyl (C=O) groups is 1. The zero-order valence-corrected chi connectivity index (χ0v) is 12.7. The minimum Gasteiger partial charge on any atom is -0.355 e. The van der Waals surface area contributed by atoms with E-state index in [0.29, 0.717) is 6.54 Å². The van der Waals surface area contributed by atoms with Crippen LogP contribution in [0, 0.1) is 10.1 Å². The molecule has 1 saturated carbocycles. The molecule has 0 aromatic heterocycles. The third-order valence-electron chi connectivity index (χ3n) is 4.38. The lowest BCUT2D eigenvalue weighted by Gasteiger charge is -2.16. The van der Waals surface area contributed by atoms with Gasteiger partial charge in [-0.2, -0.15) is 0 Å². The van der Waals surface area contributed by atoms with Gasteiger partial charge in [-0.1, -0.05) is 42.5 Å². The van der Waals surface area contributed by atoms with Gasteiger partial charge in [-0.3, -0.25) is 14.9 Å². The van der Waals surface area contributed by atoms with Gasteiger partial charge in [0.25, 0.3) is 5.69 Å². The molecule has 0 heterocycles. The highest BCUT2D eigenvalue weighted by Crippen LogP contribution is 2.47. The number of rotatable bonds is 6. The monoisotopic (exact) mass is 310 g/mol. The van der Waals surface area contributed by atoms with Gasteiger partial charge in [0.1, 0.15) is 0 Å². The molecule has 0 bridgehead atoms. The quantitative estimate of drug-likeness (QED) is 0.658. The molecule has 0 atom stereocenters. The predicted octanol–water partition coefficient (Wildman–Crippen LogP) is 2.99. The molecule has 1 N–H and O–H groups in total. The van der Waals surface area contributed by atoms with Crippen molar-refractivity contribution in [3.8, 4) is 0 Å². The second-order valence-corrected chi connectivity index (χ2v) is 6.02. The number of nitro groups is 1. The predicted molar refractivity (Wildman–Crippen MR) is 87.2 cm³/mol. The zero-order chi connectivity index (χ0) is 16.3. The van der Waals surface area contributed by atoms with Crippen LogP contribution < -0.4 is 5.32 Å². The highest BCUT2D eigenvalue weighted by Gasteiger charge is 2.44. The van der Waals surface area contributed by atoms with Crippen LogP contribution in [0.25, 0.3) is 0 Å². The van der Waals surface area contributed by atoms with Gasteiger partial charge in [0.05, 0.1) is 11.3 Å². The van der Waals surface area contributed by atoms with Gasteiger partial charge in [-0.15, -0.1) is 0 Å². The summed E-state index contributed by atoms with van der Waals surface area (Å²) in [5.41, 5.74) is 2.18. The molecular formula is C18H18N2O3. The van der Waals surface area contributed by atoms with Crippen molar-refractivity contribution < 1.29 is 9.72 Å². The minimum absolute atomic E-state index is 0.0372. The fourth-order valence-corrected chi connectivity index (χ4v) is 2.76. The van der Waals surface area contributed by atoms with Crippen LogP contribution in [0.5, 0.6) is 0 Å². The van der Waals surface area contributed by atoms with E-state index in [1.165, 1.54) is 17.7 Å². The molecule has 0 radical (unpaired) electrons. The Morgan fingerprint density at radius 1 is 1.09 bits per heavy atom. The van der Waals surface area contributed by atoms with Crippen molar-refractivity contribution in [2.45, 2.75) is 24.7 Å². The lowest BCUT2D eigenvalue weighted by atomic mass is 9.96. The van der Waals surface area contributed by atoms with Crippen LogP contribution in [0.4, 0.5) is 5.69 Å². The van der Waals surface area contributed by atoms with E-state index >= 15 is 0 Å². The van der Waals surface area contributed by atoms with Crippen molar-refractivity contribution in [1.29, 1.82) is 0 Å². The summed E-state index contributed by atoms with van der Waals surface area (Å²) in [5.74, 6) is -0.0546. The van der Waals surface area contributed by atoms with Crippen molar-refractivity contribution in [1.82, 2.24) is 5.32 Å². The maximum atomic E-state index is 12.1. The molecule has 1 amide bonds. The Hall–Kier alpha value is -2.69. The summed E-state index contributed by atoms with van der Waals surface area (Å²) in [4.78, 5) is 22.3. The van der Waals surface area contributed by atoms with Crippen molar-refractivity contribution in [3.05, 3.63) is 75.8 Å². The highest BCUT2D eigenvalue weighted by molar-refractivity contribution is 5.78. The SMILES string of the molecule is O=C(Cc1ccc([N+](=O)[O-])cc1)NCC1(c2ccccc2)CC1. The number of hydrogen-bond donors (Lipinski definition) is 1. The molecule has 0 spiro atoms.